The Bertz CT molecular complexity index is 626. The second kappa shape index (κ2) is 4.78. The minimum atomic E-state index is 0.248. The van der Waals surface area contributed by atoms with E-state index >= 15 is 0 Å². The third kappa shape index (κ3) is 1.97. The van der Waals surface area contributed by atoms with Gasteiger partial charge >= 0.3 is 0 Å². The molecule has 0 fully saturated rings. The highest BCUT2D eigenvalue weighted by Gasteiger charge is 2.12. The number of aryl methyl sites for hydroxylation is 1. The van der Waals surface area contributed by atoms with Gasteiger partial charge in [-0.1, -0.05) is 12.2 Å². The van der Waals surface area contributed by atoms with Crippen LogP contribution >= 0.6 is 12.2 Å². The number of benzene rings is 1. The first-order chi connectivity index (χ1) is 8.58. The van der Waals surface area contributed by atoms with Gasteiger partial charge in [0.05, 0.1) is 19.7 Å². The SMILES string of the molecule is COc1ccc2c(OC)cc(C(N)=S)nc2c1C. The lowest BCUT2D eigenvalue weighted by atomic mass is 10.1. The first kappa shape index (κ1) is 12.6. The fourth-order valence-corrected chi connectivity index (χ4v) is 2.00. The molecule has 0 saturated carbocycles. The van der Waals surface area contributed by atoms with Gasteiger partial charge in [0.25, 0.3) is 0 Å². The van der Waals surface area contributed by atoms with Crippen LogP contribution in [-0.4, -0.2) is 24.2 Å². The van der Waals surface area contributed by atoms with Crippen LogP contribution in [0.2, 0.25) is 0 Å². The lowest BCUT2D eigenvalue weighted by molar-refractivity contribution is 0.411. The Morgan fingerprint density at radius 3 is 2.44 bits per heavy atom. The highest BCUT2D eigenvalue weighted by molar-refractivity contribution is 7.80. The monoisotopic (exact) mass is 262 g/mol. The molecule has 0 unspecified atom stereocenters. The Balaban J connectivity index is 2.84. The molecule has 1 aromatic carbocycles. The second-order valence-electron chi connectivity index (χ2n) is 3.86. The van der Waals surface area contributed by atoms with Crippen molar-refractivity contribution in [3.8, 4) is 11.5 Å². The van der Waals surface area contributed by atoms with Crippen molar-refractivity contribution in [2.24, 2.45) is 5.73 Å². The second-order valence-corrected chi connectivity index (χ2v) is 4.30. The van der Waals surface area contributed by atoms with E-state index in [9.17, 15) is 0 Å². The van der Waals surface area contributed by atoms with E-state index in [1.807, 2.05) is 19.1 Å². The zero-order valence-corrected chi connectivity index (χ0v) is 11.3. The lowest BCUT2D eigenvalue weighted by Crippen LogP contribution is -2.12. The summed E-state index contributed by atoms with van der Waals surface area (Å²) >= 11 is 4.97. The summed E-state index contributed by atoms with van der Waals surface area (Å²) in [5.74, 6) is 1.48. The maximum absolute atomic E-state index is 5.63. The van der Waals surface area contributed by atoms with E-state index in [0.29, 0.717) is 11.4 Å². The van der Waals surface area contributed by atoms with Crippen molar-refractivity contribution < 1.29 is 9.47 Å². The first-order valence-electron chi connectivity index (χ1n) is 5.40. The molecule has 5 heteroatoms. The number of nitrogens with zero attached hydrogens (tertiary/aromatic N) is 1. The van der Waals surface area contributed by atoms with Gasteiger partial charge in [0, 0.05) is 17.0 Å². The molecular formula is C13H14N2O2S. The maximum atomic E-state index is 5.63. The molecule has 2 aromatic rings. The van der Waals surface area contributed by atoms with Gasteiger partial charge in [-0.15, -0.1) is 0 Å². The number of ether oxygens (including phenoxy) is 2. The molecular weight excluding hydrogens is 248 g/mol. The lowest BCUT2D eigenvalue weighted by Gasteiger charge is -2.12. The van der Waals surface area contributed by atoms with Crippen molar-refractivity contribution in [3.63, 3.8) is 0 Å². The molecule has 4 nitrogen and oxygen atoms in total. The van der Waals surface area contributed by atoms with E-state index in [1.165, 1.54) is 0 Å². The van der Waals surface area contributed by atoms with Crippen LogP contribution in [0.1, 0.15) is 11.3 Å². The van der Waals surface area contributed by atoms with Crippen LogP contribution in [0.25, 0.3) is 10.9 Å². The molecule has 94 valence electrons. The van der Waals surface area contributed by atoms with E-state index < -0.39 is 0 Å². The molecule has 1 heterocycles. The topological polar surface area (TPSA) is 57.4 Å². The normalized spacial score (nSPS) is 10.4. The largest absolute Gasteiger partial charge is 0.496 e. The zero-order valence-electron chi connectivity index (χ0n) is 10.5. The van der Waals surface area contributed by atoms with Gasteiger partial charge in [0.15, 0.2) is 0 Å². The van der Waals surface area contributed by atoms with Crippen molar-refractivity contribution in [2.45, 2.75) is 6.92 Å². The van der Waals surface area contributed by atoms with Crippen LogP contribution in [0.5, 0.6) is 11.5 Å². The fraction of sp³-hybridized carbons (Fsp3) is 0.231. The van der Waals surface area contributed by atoms with E-state index in [1.54, 1.807) is 20.3 Å². The number of methoxy groups -OCH3 is 2. The smallest absolute Gasteiger partial charge is 0.130 e. The van der Waals surface area contributed by atoms with Gasteiger partial charge in [-0.2, -0.15) is 0 Å². The summed E-state index contributed by atoms with van der Waals surface area (Å²) < 4.78 is 10.6. The van der Waals surface area contributed by atoms with Gasteiger partial charge in [-0.25, -0.2) is 4.98 Å². The molecule has 2 N–H and O–H groups in total. The Morgan fingerprint density at radius 1 is 1.22 bits per heavy atom. The molecule has 0 bridgehead atoms. The summed E-state index contributed by atoms with van der Waals surface area (Å²) in [6, 6.07) is 5.55. The van der Waals surface area contributed by atoms with Crippen molar-refractivity contribution in [1.29, 1.82) is 0 Å². The fourth-order valence-electron chi connectivity index (χ4n) is 1.90. The van der Waals surface area contributed by atoms with Crippen LogP contribution in [0.4, 0.5) is 0 Å². The molecule has 0 radical (unpaired) electrons. The van der Waals surface area contributed by atoms with Gasteiger partial charge in [-0.3, -0.25) is 0 Å². The van der Waals surface area contributed by atoms with Crippen LogP contribution < -0.4 is 15.2 Å². The third-order valence-electron chi connectivity index (χ3n) is 2.84. The van der Waals surface area contributed by atoms with Crippen molar-refractivity contribution in [3.05, 3.63) is 29.5 Å². The predicted molar refractivity (Wildman–Crippen MR) is 75.5 cm³/mol. The van der Waals surface area contributed by atoms with E-state index in [4.69, 9.17) is 27.4 Å². The standard InChI is InChI=1S/C13H14N2O2S/c1-7-10(16-2)5-4-8-11(17-3)6-9(13(14)18)15-12(7)8/h4-6H,1-3H3,(H2,14,18). The van der Waals surface area contributed by atoms with E-state index in [-0.39, 0.29) is 4.99 Å². The summed E-state index contributed by atoms with van der Waals surface area (Å²) in [4.78, 5) is 4.71. The molecule has 0 aliphatic rings. The molecule has 0 aliphatic carbocycles. The van der Waals surface area contributed by atoms with E-state index in [2.05, 4.69) is 4.98 Å². The summed E-state index contributed by atoms with van der Waals surface area (Å²) in [5, 5.41) is 0.913. The summed E-state index contributed by atoms with van der Waals surface area (Å²) in [6.07, 6.45) is 0. The number of nitrogens with two attached hydrogens (primary N) is 1. The molecule has 0 atom stereocenters. The van der Waals surface area contributed by atoms with Crippen molar-refractivity contribution >= 4 is 28.1 Å². The van der Waals surface area contributed by atoms with Crippen LogP contribution in [-0.2, 0) is 0 Å². The van der Waals surface area contributed by atoms with Crippen molar-refractivity contribution in [1.82, 2.24) is 4.98 Å². The Labute approximate surface area is 111 Å². The number of rotatable bonds is 3. The quantitative estimate of drug-likeness (QED) is 0.859. The Kier molecular flexibility index (Phi) is 3.34. The van der Waals surface area contributed by atoms with E-state index in [0.717, 1.165) is 22.2 Å². The van der Waals surface area contributed by atoms with Gasteiger partial charge in [0.1, 0.15) is 22.2 Å². The molecule has 1 aromatic heterocycles. The van der Waals surface area contributed by atoms with Gasteiger partial charge < -0.3 is 15.2 Å². The molecule has 2 rings (SSSR count). The first-order valence-corrected chi connectivity index (χ1v) is 5.81. The molecule has 0 saturated heterocycles. The van der Waals surface area contributed by atoms with Crippen LogP contribution in [0, 0.1) is 6.92 Å². The van der Waals surface area contributed by atoms with Crippen molar-refractivity contribution in [2.75, 3.05) is 14.2 Å². The minimum Gasteiger partial charge on any atom is -0.496 e. The average molecular weight is 262 g/mol. The van der Waals surface area contributed by atoms with Crippen LogP contribution in [0.3, 0.4) is 0 Å². The Hall–Kier alpha value is -1.88. The van der Waals surface area contributed by atoms with Gasteiger partial charge in [-0.05, 0) is 19.1 Å². The van der Waals surface area contributed by atoms with Gasteiger partial charge in [0.2, 0.25) is 0 Å². The molecule has 0 aliphatic heterocycles. The number of hydrogen-bond acceptors (Lipinski definition) is 4. The zero-order chi connectivity index (χ0) is 13.3. The number of pyridine rings is 1. The summed E-state index contributed by atoms with van der Waals surface area (Å²) in [7, 11) is 3.24. The van der Waals surface area contributed by atoms with Crippen LogP contribution in [0.15, 0.2) is 18.2 Å². The maximum Gasteiger partial charge on any atom is 0.130 e. The predicted octanol–water partition coefficient (Wildman–Crippen LogP) is 2.19. The number of aromatic nitrogens is 1. The number of hydrogen-bond donors (Lipinski definition) is 1. The molecule has 0 spiro atoms. The highest BCUT2D eigenvalue weighted by Crippen LogP contribution is 2.32. The third-order valence-corrected chi connectivity index (χ3v) is 3.05. The molecule has 18 heavy (non-hydrogen) atoms. The summed E-state index contributed by atoms with van der Waals surface area (Å²) in [5.41, 5.74) is 7.90. The minimum absolute atomic E-state index is 0.248. The number of fused-ring (bicyclic) bond motifs is 1. The molecule has 0 amide bonds. The number of thiocarbonyl (C=S) groups is 1. The average Bonchev–Trinajstić information content (AvgIpc) is 2.38. The highest BCUT2D eigenvalue weighted by atomic mass is 32.1. The Morgan fingerprint density at radius 2 is 1.89 bits per heavy atom. The summed E-state index contributed by atoms with van der Waals surface area (Å²) in [6.45, 7) is 1.94.